The second kappa shape index (κ2) is 4.63. The number of benzene rings is 1. The molecule has 0 radical (unpaired) electrons. The van der Waals surface area contributed by atoms with Gasteiger partial charge < -0.3 is 15.2 Å². The number of hydrogen-bond donors (Lipinski definition) is 2. The van der Waals surface area contributed by atoms with Crippen molar-refractivity contribution in [2.24, 2.45) is 0 Å². The zero-order valence-corrected chi connectivity index (χ0v) is 10.7. The van der Waals surface area contributed by atoms with E-state index < -0.39 is 0 Å². The monoisotopic (exact) mass is 289 g/mol. The summed E-state index contributed by atoms with van der Waals surface area (Å²) in [5, 5.41) is 13.3. The highest BCUT2D eigenvalue weighted by atomic mass is 79.9. The first-order valence-electron chi connectivity index (χ1n) is 4.63. The topological polar surface area (TPSA) is 41.5 Å². The average Bonchev–Trinajstić information content (AvgIpc) is 2.75. The predicted molar refractivity (Wildman–Crippen MR) is 65.6 cm³/mol. The Balaban J connectivity index is 2.35. The molecule has 0 aliphatic carbocycles. The Morgan fingerprint density at radius 1 is 1.60 bits per heavy atom. The van der Waals surface area contributed by atoms with Crippen molar-refractivity contribution in [3.63, 3.8) is 0 Å². The fourth-order valence-corrected chi connectivity index (χ4v) is 3.04. The van der Waals surface area contributed by atoms with E-state index in [9.17, 15) is 5.11 Å². The van der Waals surface area contributed by atoms with Crippen LogP contribution in [0.25, 0.3) is 0 Å². The summed E-state index contributed by atoms with van der Waals surface area (Å²) in [7, 11) is 1.56. The maximum Gasteiger partial charge on any atom is 0.172 e. The lowest BCUT2D eigenvalue weighted by atomic mass is 10.2. The van der Waals surface area contributed by atoms with Crippen LogP contribution < -0.4 is 10.1 Å². The number of aromatic hydroxyl groups is 1. The quantitative estimate of drug-likeness (QED) is 0.878. The zero-order chi connectivity index (χ0) is 10.8. The van der Waals surface area contributed by atoms with Crippen LogP contribution in [0.2, 0.25) is 0 Å². The van der Waals surface area contributed by atoms with Crippen LogP contribution in [0.5, 0.6) is 11.5 Å². The second-order valence-corrected chi connectivity index (χ2v) is 5.33. The lowest BCUT2D eigenvalue weighted by molar-refractivity contribution is 0.371. The van der Waals surface area contributed by atoms with Gasteiger partial charge in [-0.1, -0.05) is 0 Å². The number of halogens is 1. The number of phenols is 1. The van der Waals surface area contributed by atoms with Gasteiger partial charge in [0.1, 0.15) is 0 Å². The number of rotatable bonds is 2. The molecular formula is C10H12BrNO2S. The van der Waals surface area contributed by atoms with Crippen molar-refractivity contribution in [1.82, 2.24) is 5.32 Å². The first-order chi connectivity index (χ1) is 7.22. The molecule has 1 aromatic carbocycles. The SMILES string of the molecule is COc1cc(C2NCCS2)cc(Br)c1O. The summed E-state index contributed by atoms with van der Waals surface area (Å²) >= 11 is 5.18. The number of ether oxygens (including phenoxy) is 1. The van der Waals surface area contributed by atoms with E-state index in [0.29, 0.717) is 15.6 Å². The molecule has 3 nitrogen and oxygen atoms in total. The van der Waals surface area contributed by atoms with Crippen LogP contribution in [0.3, 0.4) is 0 Å². The largest absolute Gasteiger partial charge is 0.503 e. The number of thioether (sulfide) groups is 1. The van der Waals surface area contributed by atoms with Crippen LogP contribution in [0.1, 0.15) is 10.9 Å². The van der Waals surface area contributed by atoms with Gasteiger partial charge in [-0.15, -0.1) is 11.8 Å². The van der Waals surface area contributed by atoms with Crippen LogP contribution in [-0.2, 0) is 0 Å². The van der Waals surface area contributed by atoms with Crippen LogP contribution >= 0.6 is 27.7 Å². The summed E-state index contributed by atoms with van der Waals surface area (Å²) in [5.74, 6) is 1.78. The fraction of sp³-hybridized carbons (Fsp3) is 0.400. The Kier molecular flexibility index (Phi) is 3.43. The van der Waals surface area contributed by atoms with E-state index in [2.05, 4.69) is 21.2 Å². The molecule has 5 heteroatoms. The minimum absolute atomic E-state index is 0.157. The predicted octanol–water partition coefficient (Wildman–Crippen LogP) is 2.50. The molecule has 1 aliphatic rings. The molecule has 0 spiro atoms. The molecule has 1 aromatic rings. The Hall–Kier alpha value is -0.390. The highest BCUT2D eigenvalue weighted by Crippen LogP contribution is 2.40. The fourth-order valence-electron chi connectivity index (χ4n) is 1.54. The molecule has 1 saturated heterocycles. The van der Waals surface area contributed by atoms with Crippen molar-refractivity contribution in [2.45, 2.75) is 5.37 Å². The van der Waals surface area contributed by atoms with Gasteiger partial charge in [-0.2, -0.15) is 0 Å². The Bertz CT molecular complexity index is 367. The first kappa shape index (κ1) is 11.1. The van der Waals surface area contributed by atoms with Gasteiger partial charge in [0.25, 0.3) is 0 Å². The van der Waals surface area contributed by atoms with E-state index in [1.807, 2.05) is 23.9 Å². The van der Waals surface area contributed by atoms with E-state index in [1.165, 1.54) is 0 Å². The first-order valence-corrected chi connectivity index (χ1v) is 6.48. The molecule has 2 N–H and O–H groups in total. The molecule has 0 bridgehead atoms. The summed E-state index contributed by atoms with van der Waals surface area (Å²) in [4.78, 5) is 0. The van der Waals surface area contributed by atoms with Gasteiger partial charge in [0, 0.05) is 12.3 Å². The summed E-state index contributed by atoms with van der Waals surface area (Å²) in [6.45, 7) is 1.02. The zero-order valence-electron chi connectivity index (χ0n) is 8.29. The molecule has 2 rings (SSSR count). The molecule has 1 fully saturated rings. The molecular weight excluding hydrogens is 278 g/mol. The van der Waals surface area contributed by atoms with Gasteiger partial charge in [0.05, 0.1) is 17.0 Å². The smallest absolute Gasteiger partial charge is 0.172 e. The van der Waals surface area contributed by atoms with E-state index in [0.717, 1.165) is 17.9 Å². The lowest BCUT2D eigenvalue weighted by Gasteiger charge is -2.13. The number of hydrogen-bond acceptors (Lipinski definition) is 4. The van der Waals surface area contributed by atoms with Crippen molar-refractivity contribution >= 4 is 27.7 Å². The second-order valence-electron chi connectivity index (χ2n) is 3.26. The summed E-state index contributed by atoms with van der Waals surface area (Å²) in [6, 6.07) is 3.80. The van der Waals surface area contributed by atoms with Gasteiger partial charge in [0.15, 0.2) is 11.5 Å². The standard InChI is InChI=1S/C10H12BrNO2S/c1-14-8-5-6(4-7(11)9(8)13)10-12-2-3-15-10/h4-5,10,12-13H,2-3H2,1H3. The highest BCUT2D eigenvalue weighted by molar-refractivity contribution is 9.10. The third kappa shape index (κ3) is 2.24. The van der Waals surface area contributed by atoms with E-state index >= 15 is 0 Å². The highest BCUT2D eigenvalue weighted by Gasteiger charge is 2.19. The van der Waals surface area contributed by atoms with E-state index in [1.54, 1.807) is 7.11 Å². The van der Waals surface area contributed by atoms with Crippen molar-refractivity contribution in [1.29, 1.82) is 0 Å². The minimum atomic E-state index is 0.157. The van der Waals surface area contributed by atoms with E-state index in [-0.39, 0.29) is 5.75 Å². The summed E-state index contributed by atoms with van der Waals surface area (Å²) < 4.78 is 5.78. The van der Waals surface area contributed by atoms with Gasteiger partial charge in [0.2, 0.25) is 0 Å². The Labute approximate surface area is 101 Å². The molecule has 0 saturated carbocycles. The van der Waals surface area contributed by atoms with Crippen molar-refractivity contribution < 1.29 is 9.84 Å². The number of nitrogens with one attached hydrogen (secondary N) is 1. The normalized spacial score (nSPS) is 20.5. The average molecular weight is 290 g/mol. The molecule has 0 aromatic heterocycles. The third-order valence-electron chi connectivity index (χ3n) is 2.29. The summed E-state index contributed by atoms with van der Waals surface area (Å²) in [5.41, 5.74) is 1.12. The van der Waals surface area contributed by atoms with E-state index in [4.69, 9.17) is 4.74 Å². The Morgan fingerprint density at radius 2 is 2.40 bits per heavy atom. The maximum absolute atomic E-state index is 9.67. The number of methoxy groups -OCH3 is 1. The molecule has 15 heavy (non-hydrogen) atoms. The molecule has 1 atom stereocenters. The van der Waals surface area contributed by atoms with Crippen LogP contribution in [0, 0.1) is 0 Å². The van der Waals surface area contributed by atoms with Crippen LogP contribution in [0.15, 0.2) is 16.6 Å². The molecule has 1 aliphatic heterocycles. The molecule has 1 unspecified atom stereocenters. The number of phenolic OH excluding ortho intramolecular Hbond substituents is 1. The van der Waals surface area contributed by atoms with Gasteiger partial charge in [-0.05, 0) is 33.6 Å². The van der Waals surface area contributed by atoms with Gasteiger partial charge in [-0.3, -0.25) is 0 Å². The summed E-state index contributed by atoms with van der Waals surface area (Å²) in [6.07, 6.45) is 0. The van der Waals surface area contributed by atoms with Crippen molar-refractivity contribution in [3.05, 3.63) is 22.2 Å². The third-order valence-corrected chi connectivity index (χ3v) is 4.11. The molecule has 82 valence electrons. The molecule has 1 heterocycles. The van der Waals surface area contributed by atoms with Crippen molar-refractivity contribution in [2.75, 3.05) is 19.4 Å². The maximum atomic E-state index is 9.67. The van der Waals surface area contributed by atoms with Crippen LogP contribution in [0.4, 0.5) is 0 Å². The van der Waals surface area contributed by atoms with Crippen molar-refractivity contribution in [3.8, 4) is 11.5 Å². The van der Waals surface area contributed by atoms with Gasteiger partial charge in [-0.25, -0.2) is 0 Å². The molecule has 0 amide bonds. The van der Waals surface area contributed by atoms with Gasteiger partial charge >= 0.3 is 0 Å². The minimum Gasteiger partial charge on any atom is -0.503 e. The lowest BCUT2D eigenvalue weighted by Crippen LogP contribution is -2.12. The van der Waals surface area contributed by atoms with Crippen LogP contribution in [-0.4, -0.2) is 24.5 Å². The Morgan fingerprint density at radius 3 is 3.00 bits per heavy atom.